The molecule has 1 heterocycles. The maximum Gasteiger partial charge on any atom is 0.148 e. The number of aliphatic hydroxyl groups is 1. The number of nitrogens with two attached hydrogens (primary N) is 2. The van der Waals surface area contributed by atoms with E-state index in [0.29, 0.717) is 11.4 Å². The van der Waals surface area contributed by atoms with Crippen LogP contribution in [0, 0.1) is 11.2 Å². The van der Waals surface area contributed by atoms with Crippen molar-refractivity contribution in [2.45, 2.75) is 12.5 Å². The molecule has 2 rings (SSSR count). The molecule has 1 atom stereocenters. The largest absolute Gasteiger partial charge is 0.382 e. The number of hydrogen-bond acceptors (Lipinski definition) is 5. The molecule has 0 radical (unpaired) electrons. The predicted molar refractivity (Wildman–Crippen MR) is 87.6 cm³/mol. The van der Waals surface area contributed by atoms with Gasteiger partial charge in [-0.3, -0.25) is 10.4 Å². The molecule has 120 valence electrons. The Hall–Kier alpha value is -3.00. The molecule has 0 saturated carbocycles. The predicted octanol–water partition coefficient (Wildman–Crippen LogP) is 1.36. The fourth-order valence-corrected chi connectivity index (χ4v) is 1.95. The third kappa shape index (κ3) is 3.43. The van der Waals surface area contributed by atoms with Crippen LogP contribution in [0.3, 0.4) is 0 Å². The third-order valence-electron chi connectivity index (χ3n) is 3.32. The molecule has 1 aromatic heterocycles. The molecule has 0 aliphatic rings. The van der Waals surface area contributed by atoms with Crippen molar-refractivity contribution < 1.29 is 9.50 Å². The number of nitrogens with one attached hydrogen (secondary N) is 2. The van der Waals surface area contributed by atoms with E-state index in [9.17, 15) is 9.50 Å². The lowest BCUT2D eigenvalue weighted by Gasteiger charge is -2.21. The summed E-state index contributed by atoms with van der Waals surface area (Å²) in [4.78, 5) is 6.76. The normalized spacial score (nSPS) is 14.8. The lowest BCUT2D eigenvalue weighted by atomic mass is 9.97. The van der Waals surface area contributed by atoms with E-state index in [1.165, 1.54) is 25.3 Å². The van der Waals surface area contributed by atoms with Crippen LogP contribution in [0.1, 0.15) is 18.3 Å². The summed E-state index contributed by atoms with van der Waals surface area (Å²) in [7, 11) is 0. The van der Waals surface area contributed by atoms with Crippen molar-refractivity contribution in [2.24, 2.45) is 21.7 Å². The minimum Gasteiger partial charge on any atom is -0.382 e. The summed E-state index contributed by atoms with van der Waals surface area (Å²) >= 11 is 0. The molecule has 0 amide bonds. The van der Waals surface area contributed by atoms with E-state index in [1.54, 1.807) is 24.3 Å². The minimum atomic E-state index is -1.61. The number of halogens is 1. The number of hydrogen-bond donors (Lipinski definition) is 5. The van der Waals surface area contributed by atoms with Gasteiger partial charge in [0, 0.05) is 0 Å². The van der Waals surface area contributed by atoms with Gasteiger partial charge in [-0.25, -0.2) is 4.39 Å². The second-order valence-electron chi connectivity index (χ2n) is 5.00. The molecule has 1 unspecified atom stereocenters. The Morgan fingerprint density at radius 3 is 2.61 bits per heavy atom. The second-order valence-corrected chi connectivity index (χ2v) is 5.00. The van der Waals surface area contributed by atoms with Crippen LogP contribution < -0.4 is 11.6 Å². The van der Waals surface area contributed by atoms with Gasteiger partial charge in [0.15, 0.2) is 0 Å². The number of nitrogens with zero attached hydrogens (tertiary/aromatic N) is 2. The highest BCUT2D eigenvalue weighted by Crippen LogP contribution is 2.22. The number of aromatic amines is 1. The van der Waals surface area contributed by atoms with Gasteiger partial charge in [0.25, 0.3) is 0 Å². The van der Waals surface area contributed by atoms with Crippen LogP contribution in [0.5, 0.6) is 0 Å². The van der Waals surface area contributed by atoms with Crippen LogP contribution in [0.25, 0.3) is 0 Å². The Bertz CT molecular complexity index is 778. The number of amidine groups is 1. The molecule has 23 heavy (non-hydrogen) atoms. The number of hydrazone groups is 1. The summed E-state index contributed by atoms with van der Waals surface area (Å²) in [6, 6.07) is 9.04. The smallest absolute Gasteiger partial charge is 0.148 e. The van der Waals surface area contributed by atoms with Gasteiger partial charge in [-0.15, -0.1) is 0 Å². The van der Waals surface area contributed by atoms with Crippen molar-refractivity contribution in [3.8, 4) is 0 Å². The van der Waals surface area contributed by atoms with Gasteiger partial charge < -0.3 is 21.7 Å². The molecule has 8 heteroatoms. The zero-order valence-electron chi connectivity index (χ0n) is 12.4. The highest BCUT2D eigenvalue weighted by molar-refractivity contribution is 6.34. The van der Waals surface area contributed by atoms with Gasteiger partial charge in [-0.2, -0.15) is 5.10 Å². The van der Waals surface area contributed by atoms with Gasteiger partial charge in [0.05, 0.1) is 23.3 Å². The SMILES string of the molecule is CC(O)(C(C=Nc1ccccc1F)=NN)c1ccc(C(=N)N)[nH]1. The van der Waals surface area contributed by atoms with Gasteiger partial charge in [0.1, 0.15) is 23.0 Å². The van der Waals surface area contributed by atoms with Crippen LogP contribution in [0.15, 0.2) is 46.5 Å². The van der Waals surface area contributed by atoms with Gasteiger partial charge in [-0.1, -0.05) is 12.1 Å². The molecule has 0 fully saturated rings. The monoisotopic (exact) mass is 316 g/mol. The number of aromatic nitrogens is 1. The Labute approximate surface area is 132 Å². The van der Waals surface area contributed by atoms with E-state index >= 15 is 0 Å². The first-order chi connectivity index (χ1) is 10.9. The first kappa shape index (κ1) is 16.4. The van der Waals surface area contributed by atoms with Crippen molar-refractivity contribution in [1.82, 2.24) is 4.98 Å². The Balaban J connectivity index is 2.32. The number of aliphatic imine (C=N–C) groups is 1. The Kier molecular flexibility index (Phi) is 4.56. The van der Waals surface area contributed by atoms with Gasteiger partial charge in [-0.05, 0) is 31.2 Å². The maximum absolute atomic E-state index is 13.6. The fourth-order valence-electron chi connectivity index (χ4n) is 1.95. The standard InChI is InChI=1S/C15H17FN6O/c1-15(23,12-7-6-11(21-12)14(17)18)13(22-19)8-20-10-5-3-2-4-9(10)16/h2-8,21,23H,19H2,1H3,(H3,17,18). The maximum atomic E-state index is 13.6. The van der Waals surface area contributed by atoms with E-state index < -0.39 is 11.4 Å². The summed E-state index contributed by atoms with van der Waals surface area (Å²) in [6.45, 7) is 1.45. The van der Waals surface area contributed by atoms with Gasteiger partial charge in [0.2, 0.25) is 0 Å². The quantitative estimate of drug-likeness (QED) is 0.246. The molecule has 0 bridgehead atoms. The molecule has 0 aliphatic carbocycles. The number of H-pyrrole nitrogens is 1. The fraction of sp³-hybridized carbons (Fsp3) is 0.133. The van der Waals surface area contributed by atoms with Crippen LogP contribution in [-0.4, -0.2) is 27.9 Å². The third-order valence-corrected chi connectivity index (χ3v) is 3.32. The summed E-state index contributed by atoms with van der Waals surface area (Å²) in [5, 5.41) is 21.5. The Morgan fingerprint density at radius 2 is 2.04 bits per heavy atom. The lowest BCUT2D eigenvalue weighted by molar-refractivity contribution is 0.131. The lowest BCUT2D eigenvalue weighted by Crippen LogP contribution is -2.35. The number of para-hydroxylation sites is 1. The highest BCUT2D eigenvalue weighted by Gasteiger charge is 2.31. The number of benzene rings is 1. The van der Waals surface area contributed by atoms with Crippen LogP contribution in [0.4, 0.5) is 10.1 Å². The molecule has 0 aliphatic heterocycles. The van der Waals surface area contributed by atoms with Crippen LogP contribution >= 0.6 is 0 Å². The van der Waals surface area contributed by atoms with Crippen molar-refractivity contribution in [3.05, 3.63) is 53.6 Å². The van der Waals surface area contributed by atoms with Crippen molar-refractivity contribution in [1.29, 1.82) is 5.41 Å². The molecule has 7 N–H and O–H groups in total. The van der Waals surface area contributed by atoms with E-state index in [4.69, 9.17) is 17.0 Å². The highest BCUT2D eigenvalue weighted by atomic mass is 19.1. The molecule has 0 spiro atoms. The summed E-state index contributed by atoms with van der Waals surface area (Å²) in [5.74, 6) is 4.66. The first-order valence-electron chi connectivity index (χ1n) is 6.69. The second kappa shape index (κ2) is 6.41. The molecule has 2 aromatic rings. The molecule has 0 saturated heterocycles. The van der Waals surface area contributed by atoms with E-state index in [1.807, 2.05) is 0 Å². The van der Waals surface area contributed by atoms with Crippen LogP contribution in [0.2, 0.25) is 0 Å². The van der Waals surface area contributed by atoms with Crippen molar-refractivity contribution in [3.63, 3.8) is 0 Å². The summed E-state index contributed by atoms with van der Waals surface area (Å²) in [5.41, 5.74) is 4.55. The van der Waals surface area contributed by atoms with Crippen molar-refractivity contribution >= 4 is 23.4 Å². The van der Waals surface area contributed by atoms with Crippen LogP contribution in [-0.2, 0) is 5.60 Å². The molecular weight excluding hydrogens is 299 g/mol. The zero-order chi connectivity index (χ0) is 17.0. The molecular formula is C15H17FN6O. The van der Waals surface area contributed by atoms with Crippen molar-refractivity contribution in [2.75, 3.05) is 0 Å². The van der Waals surface area contributed by atoms with E-state index in [2.05, 4.69) is 15.1 Å². The summed E-state index contributed by atoms with van der Waals surface area (Å²) < 4.78 is 13.6. The zero-order valence-corrected chi connectivity index (χ0v) is 12.4. The Morgan fingerprint density at radius 1 is 1.35 bits per heavy atom. The molecule has 1 aromatic carbocycles. The topological polar surface area (TPSA) is 137 Å². The van der Waals surface area contributed by atoms with Gasteiger partial charge >= 0.3 is 0 Å². The van der Waals surface area contributed by atoms with E-state index in [0.717, 1.165) is 0 Å². The number of nitrogen functional groups attached to an aromatic ring is 1. The minimum absolute atomic E-state index is 0.0118. The first-order valence-corrected chi connectivity index (χ1v) is 6.69. The summed E-state index contributed by atoms with van der Waals surface area (Å²) in [6.07, 6.45) is 1.19. The number of rotatable bonds is 5. The average molecular weight is 316 g/mol. The average Bonchev–Trinajstić information content (AvgIpc) is 3.00. The van der Waals surface area contributed by atoms with E-state index in [-0.39, 0.29) is 17.2 Å². The molecule has 7 nitrogen and oxygen atoms in total.